The molecule has 0 atom stereocenters. The van der Waals surface area contributed by atoms with Crippen molar-refractivity contribution in [2.45, 2.75) is 19.3 Å². The predicted molar refractivity (Wildman–Crippen MR) is 64.2 cm³/mol. The molecule has 3 rings (SSSR count). The lowest BCUT2D eigenvalue weighted by molar-refractivity contribution is 0.112. The highest BCUT2D eigenvalue weighted by atomic mass is 35.5. The largest absolute Gasteiger partial charge is 0.298 e. The van der Waals surface area contributed by atoms with Crippen molar-refractivity contribution in [2.24, 2.45) is 0 Å². The summed E-state index contributed by atoms with van der Waals surface area (Å²) in [5.41, 5.74) is 3.69. The van der Waals surface area contributed by atoms with Gasteiger partial charge >= 0.3 is 0 Å². The van der Waals surface area contributed by atoms with E-state index < -0.39 is 0 Å². The van der Waals surface area contributed by atoms with Gasteiger partial charge in [-0.15, -0.1) is 0 Å². The fourth-order valence-electron chi connectivity index (χ4n) is 2.42. The number of pyridine rings is 1. The zero-order valence-electron chi connectivity index (χ0n) is 8.66. The van der Waals surface area contributed by atoms with Gasteiger partial charge < -0.3 is 0 Å². The molecule has 1 heterocycles. The quantitative estimate of drug-likeness (QED) is 0.706. The highest BCUT2D eigenvalue weighted by Crippen LogP contribution is 2.31. The molecule has 1 aromatic heterocycles. The number of para-hydroxylation sites is 1. The van der Waals surface area contributed by atoms with E-state index >= 15 is 0 Å². The lowest BCUT2D eigenvalue weighted by atomic mass is 10.0. The van der Waals surface area contributed by atoms with E-state index in [0.717, 1.165) is 53.3 Å². The first-order valence-corrected chi connectivity index (χ1v) is 5.74. The molecule has 1 aliphatic rings. The molecule has 0 unspecified atom stereocenters. The van der Waals surface area contributed by atoms with Gasteiger partial charge in [0.05, 0.1) is 10.5 Å². The van der Waals surface area contributed by atoms with Gasteiger partial charge in [-0.2, -0.15) is 0 Å². The van der Waals surface area contributed by atoms with Crippen LogP contribution in [0.5, 0.6) is 0 Å². The van der Waals surface area contributed by atoms with Crippen molar-refractivity contribution < 1.29 is 4.79 Å². The average Bonchev–Trinajstić information content (AvgIpc) is 2.75. The van der Waals surface area contributed by atoms with Crippen LogP contribution in [0.1, 0.15) is 28.0 Å². The first-order chi connectivity index (χ1) is 7.81. The van der Waals surface area contributed by atoms with Crippen LogP contribution in [-0.4, -0.2) is 11.3 Å². The van der Waals surface area contributed by atoms with Crippen molar-refractivity contribution in [3.8, 4) is 0 Å². The topological polar surface area (TPSA) is 30.0 Å². The Bertz CT molecular complexity index is 592. The smallest absolute Gasteiger partial charge is 0.151 e. The van der Waals surface area contributed by atoms with Crippen molar-refractivity contribution in [1.29, 1.82) is 0 Å². The van der Waals surface area contributed by atoms with Crippen LogP contribution in [0, 0.1) is 0 Å². The summed E-state index contributed by atoms with van der Waals surface area (Å²) in [5.74, 6) is 0. The number of aromatic nitrogens is 1. The Morgan fingerprint density at radius 3 is 3.00 bits per heavy atom. The van der Waals surface area contributed by atoms with Gasteiger partial charge in [-0.3, -0.25) is 9.78 Å². The van der Waals surface area contributed by atoms with Crippen molar-refractivity contribution >= 4 is 28.8 Å². The predicted octanol–water partition coefficient (Wildman–Crippen LogP) is 3.19. The Kier molecular flexibility index (Phi) is 2.18. The Morgan fingerprint density at radius 2 is 2.19 bits per heavy atom. The van der Waals surface area contributed by atoms with Crippen LogP contribution in [0.3, 0.4) is 0 Å². The minimum Gasteiger partial charge on any atom is -0.298 e. The van der Waals surface area contributed by atoms with E-state index in [0.29, 0.717) is 5.02 Å². The van der Waals surface area contributed by atoms with Gasteiger partial charge in [-0.1, -0.05) is 23.7 Å². The Hall–Kier alpha value is -1.41. The van der Waals surface area contributed by atoms with Crippen LogP contribution in [0.4, 0.5) is 0 Å². The highest BCUT2D eigenvalue weighted by Gasteiger charge is 2.19. The number of rotatable bonds is 1. The van der Waals surface area contributed by atoms with Crippen molar-refractivity contribution in [2.75, 3.05) is 0 Å². The average molecular weight is 232 g/mol. The molecule has 0 saturated carbocycles. The second kappa shape index (κ2) is 3.56. The van der Waals surface area contributed by atoms with Crippen LogP contribution >= 0.6 is 11.6 Å². The molecule has 1 aromatic carbocycles. The van der Waals surface area contributed by atoms with Crippen LogP contribution in [0.25, 0.3) is 10.9 Å². The molecule has 1 aliphatic carbocycles. The van der Waals surface area contributed by atoms with Crippen LogP contribution in [-0.2, 0) is 12.8 Å². The van der Waals surface area contributed by atoms with Crippen molar-refractivity contribution in [3.63, 3.8) is 0 Å². The zero-order chi connectivity index (χ0) is 11.1. The molecule has 0 saturated heterocycles. The monoisotopic (exact) mass is 231 g/mol. The first-order valence-electron chi connectivity index (χ1n) is 5.36. The number of aryl methyl sites for hydroxylation is 1. The summed E-state index contributed by atoms with van der Waals surface area (Å²) in [7, 11) is 0. The number of benzene rings is 1. The molecule has 0 radical (unpaired) electrons. The fourth-order valence-corrected chi connectivity index (χ4v) is 2.64. The lowest BCUT2D eigenvalue weighted by Gasteiger charge is -2.08. The first kappa shape index (κ1) is 9.79. The number of halogens is 1. The van der Waals surface area contributed by atoms with E-state index in [4.69, 9.17) is 11.6 Å². The number of hydrogen-bond donors (Lipinski definition) is 0. The minimum atomic E-state index is 0.621. The van der Waals surface area contributed by atoms with Crippen molar-refractivity contribution in [1.82, 2.24) is 4.98 Å². The molecule has 0 fully saturated rings. The molecule has 0 N–H and O–H groups in total. The summed E-state index contributed by atoms with van der Waals surface area (Å²) in [6.45, 7) is 0. The Morgan fingerprint density at radius 1 is 1.31 bits per heavy atom. The SMILES string of the molecule is O=Cc1c2c(nc3c(Cl)cccc13)CCC2. The Labute approximate surface area is 98.3 Å². The standard InChI is InChI=1S/C13H10ClNO/c14-11-5-1-4-9-10(7-16)8-3-2-6-12(8)15-13(9)11/h1,4-5,7H,2-3,6H2. The summed E-state index contributed by atoms with van der Waals surface area (Å²) in [6, 6.07) is 5.59. The molecule has 2 nitrogen and oxygen atoms in total. The van der Waals surface area contributed by atoms with Crippen LogP contribution in [0.2, 0.25) is 5.02 Å². The second-order valence-electron chi connectivity index (χ2n) is 4.06. The van der Waals surface area contributed by atoms with E-state index in [2.05, 4.69) is 4.98 Å². The van der Waals surface area contributed by atoms with E-state index in [1.807, 2.05) is 18.2 Å². The van der Waals surface area contributed by atoms with E-state index in [1.165, 1.54) is 0 Å². The molecule has 2 aromatic rings. The summed E-state index contributed by atoms with van der Waals surface area (Å²) >= 11 is 6.11. The van der Waals surface area contributed by atoms with Gasteiger partial charge in [0.1, 0.15) is 0 Å². The summed E-state index contributed by atoms with van der Waals surface area (Å²) in [6.07, 6.45) is 3.93. The maximum absolute atomic E-state index is 11.2. The van der Waals surface area contributed by atoms with Gasteiger partial charge in [0.2, 0.25) is 0 Å². The van der Waals surface area contributed by atoms with Gasteiger partial charge in [0.15, 0.2) is 6.29 Å². The fraction of sp³-hybridized carbons (Fsp3) is 0.231. The third-order valence-electron chi connectivity index (χ3n) is 3.16. The maximum Gasteiger partial charge on any atom is 0.151 e. The molecule has 3 heteroatoms. The molecular formula is C13H10ClNO. The van der Waals surface area contributed by atoms with Crippen LogP contribution < -0.4 is 0 Å². The molecule has 16 heavy (non-hydrogen) atoms. The van der Waals surface area contributed by atoms with E-state index in [1.54, 1.807) is 0 Å². The van der Waals surface area contributed by atoms with Gasteiger partial charge in [0.25, 0.3) is 0 Å². The van der Waals surface area contributed by atoms with Crippen molar-refractivity contribution in [3.05, 3.63) is 40.0 Å². The summed E-state index contributed by atoms with van der Waals surface area (Å²) in [5, 5.41) is 1.50. The molecule has 80 valence electrons. The molecular weight excluding hydrogens is 222 g/mol. The van der Waals surface area contributed by atoms with Gasteiger partial charge in [-0.25, -0.2) is 0 Å². The number of carbonyl (C=O) groups excluding carboxylic acids is 1. The summed E-state index contributed by atoms with van der Waals surface area (Å²) < 4.78 is 0. The number of aldehydes is 1. The van der Waals surface area contributed by atoms with Crippen LogP contribution in [0.15, 0.2) is 18.2 Å². The normalized spacial score (nSPS) is 14.1. The third-order valence-corrected chi connectivity index (χ3v) is 3.46. The number of carbonyl (C=O) groups is 1. The second-order valence-corrected chi connectivity index (χ2v) is 4.47. The van der Waals surface area contributed by atoms with Gasteiger partial charge in [-0.05, 0) is 30.9 Å². The van der Waals surface area contributed by atoms with Gasteiger partial charge in [0, 0.05) is 16.6 Å². The zero-order valence-corrected chi connectivity index (χ0v) is 9.42. The lowest BCUT2D eigenvalue weighted by Crippen LogP contribution is -1.97. The van der Waals surface area contributed by atoms with E-state index in [9.17, 15) is 4.79 Å². The summed E-state index contributed by atoms with van der Waals surface area (Å²) in [4.78, 5) is 15.8. The number of fused-ring (bicyclic) bond motifs is 2. The third kappa shape index (κ3) is 1.26. The molecule has 0 amide bonds. The maximum atomic E-state index is 11.2. The molecule has 0 bridgehead atoms. The Balaban J connectivity index is 2.48. The molecule has 0 aliphatic heterocycles. The molecule has 0 spiro atoms. The van der Waals surface area contributed by atoms with E-state index in [-0.39, 0.29) is 0 Å². The highest BCUT2D eigenvalue weighted by molar-refractivity contribution is 6.35. The number of nitrogens with zero attached hydrogens (tertiary/aromatic N) is 1. The minimum absolute atomic E-state index is 0.621. The number of hydrogen-bond acceptors (Lipinski definition) is 2.